The molecule has 0 saturated carbocycles. The topological polar surface area (TPSA) is 57.5 Å². The summed E-state index contributed by atoms with van der Waals surface area (Å²) in [5.74, 6) is -1.61. The van der Waals surface area contributed by atoms with E-state index in [0.29, 0.717) is 16.7 Å². The number of benzene rings is 2. The van der Waals surface area contributed by atoms with Crippen LogP contribution in [0.25, 0.3) is 11.1 Å². The lowest BCUT2D eigenvalue weighted by atomic mass is 10.0. The van der Waals surface area contributed by atoms with E-state index < -0.39 is 11.8 Å². The summed E-state index contributed by atoms with van der Waals surface area (Å²) < 4.78 is 13.7. The van der Waals surface area contributed by atoms with E-state index in [1.165, 1.54) is 12.1 Å². The number of carbonyl (C=O) groups is 1. The summed E-state index contributed by atoms with van der Waals surface area (Å²) in [6.07, 6.45) is -0.104. The van der Waals surface area contributed by atoms with Crippen LogP contribution in [0.5, 0.6) is 5.75 Å². The predicted octanol–water partition coefficient (Wildman–Crippen LogP) is 2.83. The average Bonchev–Trinajstić information content (AvgIpc) is 2.28. The van der Waals surface area contributed by atoms with Crippen molar-refractivity contribution >= 4 is 5.97 Å². The van der Waals surface area contributed by atoms with Crippen LogP contribution in [0.3, 0.4) is 0 Å². The van der Waals surface area contributed by atoms with Crippen LogP contribution in [0.2, 0.25) is 0 Å². The third kappa shape index (κ3) is 2.66. The van der Waals surface area contributed by atoms with Gasteiger partial charge in [0.1, 0.15) is 11.6 Å². The molecule has 0 saturated heterocycles. The van der Waals surface area contributed by atoms with Crippen molar-refractivity contribution < 1.29 is 19.4 Å². The number of carboxylic acids is 1. The standard InChI is InChI=1S/C14H11FO3/c15-13-8-11(16)4-5-12(13)10-3-1-2-9(6-10)7-14(17)18/h1-6,8,16H,7H2,(H,17,18). The largest absolute Gasteiger partial charge is 0.508 e. The molecule has 2 aromatic rings. The second kappa shape index (κ2) is 4.87. The van der Waals surface area contributed by atoms with Crippen LogP contribution in [-0.2, 0) is 11.2 Å². The van der Waals surface area contributed by atoms with Crippen molar-refractivity contribution in [1.29, 1.82) is 0 Å². The van der Waals surface area contributed by atoms with Crippen molar-refractivity contribution in [2.75, 3.05) is 0 Å². The first kappa shape index (κ1) is 12.1. The molecule has 0 bridgehead atoms. The van der Waals surface area contributed by atoms with Gasteiger partial charge >= 0.3 is 5.97 Å². The van der Waals surface area contributed by atoms with E-state index >= 15 is 0 Å². The van der Waals surface area contributed by atoms with Crippen molar-refractivity contribution in [3.8, 4) is 16.9 Å². The molecule has 0 aromatic heterocycles. The summed E-state index contributed by atoms with van der Waals surface area (Å²) in [5.41, 5.74) is 1.53. The molecule has 3 nitrogen and oxygen atoms in total. The molecule has 0 aliphatic heterocycles. The second-order valence-electron chi connectivity index (χ2n) is 3.94. The number of halogens is 1. The zero-order chi connectivity index (χ0) is 13.1. The van der Waals surface area contributed by atoms with Gasteiger partial charge in [0, 0.05) is 11.6 Å². The summed E-state index contributed by atoms with van der Waals surface area (Å²) in [4.78, 5) is 10.6. The Balaban J connectivity index is 2.41. The lowest BCUT2D eigenvalue weighted by Gasteiger charge is -2.06. The van der Waals surface area contributed by atoms with Crippen molar-refractivity contribution in [3.63, 3.8) is 0 Å². The summed E-state index contributed by atoms with van der Waals surface area (Å²) in [7, 11) is 0. The number of aliphatic carboxylic acids is 1. The van der Waals surface area contributed by atoms with Crippen LogP contribution >= 0.6 is 0 Å². The van der Waals surface area contributed by atoms with Gasteiger partial charge in [-0.05, 0) is 23.3 Å². The predicted molar refractivity (Wildman–Crippen MR) is 64.8 cm³/mol. The van der Waals surface area contributed by atoms with Gasteiger partial charge in [-0.25, -0.2) is 4.39 Å². The highest BCUT2D eigenvalue weighted by atomic mass is 19.1. The third-order valence-corrected chi connectivity index (χ3v) is 2.55. The van der Waals surface area contributed by atoms with Gasteiger partial charge in [0.15, 0.2) is 0 Å². The number of rotatable bonds is 3. The SMILES string of the molecule is O=C(O)Cc1cccc(-c2ccc(O)cc2F)c1. The molecule has 2 aromatic carbocycles. The van der Waals surface area contributed by atoms with Gasteiger partial charge in [0.25, 0.3) is 0 Å². The normalized spacial score (nSPS) is 10.3. The molecule has 0 fully saturated rings. The molecule has 0 unspecified atom stereocenters. The van der Waals surface area contributed by atoms with E-state index in [0.717, 1.165) is 6.07 Å². The first-order chi connectivity index (χ1) is 8.56. The van der Waals surface area contributed by atoms with Gasteiger partial charge in [-0.1, -0.05) is 24.3 Å². The van der Waals surface area contributed by atoms with Crippen LogP contribution in [0.4, 0.5) is 4.39 Å². The molecular weight excluding hydrogens is 235 g/mol. The first-order valence-corrected chi connectivity index (χ1v) is 5.36. The molecule has 18 heavy (non-hydrogen) atoms. The van der Waals surface area contributed by atoms with Gasteiger partial charge in [-0.3, -0.25) is 4.79 Å². The summed E-state index contributed by atoms with van der Waals surface area (Å²) in [6.45, 7) is 0. The van der Waals surface area contributed by atoms with Gasteiger partial charge in [-0.2, -0.15) is 0 Å². The maximum atomic E-state index is 13.7. The molecule has 0 aliphatic rings. The number of aromatic hydroxyl groups is 1. The zero-order valence-corrected chi connectivity index (χ0v) is 9.43. The lowest BCUT2D eigenvalue weighted by molar-refractivity contribution is -0.136. The van der Waals surface area contributed by atoms with Gasteiger partial charge < -0.3 is 10.2 Å². The molecular formula is C14H11FO3. The maximum absolute atomic E-state index is 13.7. The number of carboxylic acid groups (broad SMARTS) is 1. The van der Waals surface area contributed by atoms with Gasteiger partial charge in [-0.15, -0.1) is 0 Å². The Morgan fingerprint density at radius 2 is 1.94 bits per heavy atom. The minimum Gasteiger partial charge on any atom is -0.508 e. The van der Waals surface area contributed by atoms with E-state index in [1.54, 1.807) is 24.3 Å². The van der Waals surface area contributed by atoms with Crippen molar-refractivity contribution in [3.05, 3.63) is 53.8 Å². The fourth-order valence-corrected chi connectivity index (χ4v) is 1.76. The highest BCUT2D eigenvalue weighted by Gasteiger charge is 2.07. The Labute approximate surface area is 103 Å². The van der Waals surface area contributed by atoms with E-state index in [4.69, 9.17) is 10.2 Å². The fourth-order valence-electron chi connectivity index (χ4n) is 1.76. The zero-order valence-electron chi connectivity index (χ0n) is 9.43. The van der Waals surface area contributed by atoms with E-state index in [1.807, 2.05) is 0 Å². The van der Waals surface area contributed by atoms with Gasteiger partial charge in [0.2, 0.25) is 0 Å². The monoisotopic (exact) mass is 246 g/mol. The molecule has 0 radical (unpaired) electrons. The Morgan fingerprint density at radius 3 is 2.61 bits per heavy atom. The minimum atomic E-state index is -0.932. The van der Waals surface area contributed by atoms with Crippen LogP contribution in [0.1, 0.15) is 5.56 Å². The number of phenolic OH excluding ortho intramolecular Hbond substituents is 1. The molecule has 0 aliphatic carbocycles. The summed E-state index contributed by atoms with van der Waals surface area (Å²) in [6, 6.07) is 10.6. The van der Waals surface area contributed by atoms with E-state index in [9.17, 15) is 9.18 Å². The van der Waals surface area contributed by atoms with Crippen LogP contribution in [0.15, 0.2) is 42.5 Å². The van der Waals surface area contributed by atoms with Crippen molar-refractivity contribution in [1.82, 2.24) is 0 Å². The van der Waals surface area contributed by atoms with E-state index in [-0.39, 0.29) is 12.2 Å². The number of hydrogen-bond donors (Lipinski definition) is 2. The fraction of sp³-hybridized carbons (Fsp3) is 0.0714. The summed E-state index contributed by atoms with van der Waals surface area (Å²) in [5, 5.41) is 17.9. The van der Waals surface area contributed by atoms with Crippen molar-refractivity contribution in [2.45, 2.75) is 6.42 Å². The second-order valence-corrected chi connectivity index (χ2v) is 3.94. The lowest BCUT2D eigenvalue weighted by Crippen LogP contribution is -1.99. The molecule has 0 amide bonds. The van der Waals surface area contributed by atoms with Crippen LogP contribution in [0, 0.1) is 5.82 Å². The molecule has 4 heteroatoms. The van der Waals surface area contributed by atoms with Gasteiger partial charge in [0.05, 0.1) is 6.42 Å². The summed E-state index contributed by atoms with van der Waals surface area (Å²) >= 11 is 0. The highest BCUT2D eigenvalue weighted by Crippen LogP contribution is 2.26. The Kier molecular flexibility index (Phi) is 3.28. The molecule has 0 spiro atoms. The maximum Gasteiger partial charge on any atom is 0.307 e. The van der Waals surface area contributed by atoms with Crippen LogP contribution in [-0.4, -0.2) is 16.2 Å². The highest BCUT2D eigenvalue weighted by molar-refractivity contribution is 5.72. The minimum absolute atomic E-state index is 0.104. The molecule has 0 atom stereocenters. The Bertz CT molecular complexity index is 593. The molecule has 0 heterocycles. The third-order valence-electron chi connectivity index (χ3n) is 2.55. The van der Waals surface area contributed by atoms with Crippen LogP contribution < -0.4 is 0 Å². The molecule has 2 rings (SSSR count). The van der Waals surface area contributed by atoms with E-state index in [2.05, 4.69) is 0 Å². The average molecular weight is 246 g/mol. The Hall–Kier alpha value is -2.36. The number of hydrogen-bond acceptors (Lipinski definition) is 2. The number of phenols is 1. The first-order valence-electron chi connectivity index (χ1n) is 5.36. The molecule has 2 N–H and O–H groups in total. The Morgan fingerprint density at radius 1 is 1.17 bits per heavy atom. The quantitative estimate of drug-likeness (QED) is 0.875. The van der Waals surface area contributed by atoms with Crippen molar-refractivity contribution in [2.24, 2.45) is 0 Å². The molecule has 92 valence electrons. The smallest absolute Gasteiger partial charge is 0.307 e.